The topological polar surface area (TPSA) is 71.3 Å². The molecule has 0 spiro atoms. The molecule has 5 rings (SSSR count). The van der Waals surface area contributed by atoms with E-state index < -0.39 is 6.04 Å². The number of imidazole rings is 1. The van der Waals surface area contributed by atoms with E-state index in [0.717, 1.165) is 16.9 Å². The summed E-state index contributed by atoms with van der Waals surface area (Å²) in [6.07, 6.45) is 3.32. The third-order valence-corrected chi connectivity index (χ3v) is 5.88. The highest BCUT2D eigenvalue weighted by molar-refractivity contribution is 6.04. The average molecular weight is 425 g/mol. The summed E-state index contributed by atoms with van der Waals surface area (Å²) in [6, 6.07) is 20.8. The Morgan fingerprint density at radius 2 is 1.72 bits per heavy atom. The lowest BCUT2D eigenvalue weighted by Crippen LogP contribution is -2.57. The molecule has 1 fully saturated rings. The molecule has 7 nitrogen and oxygen atoms in total. The van der Waals surface area contributed by atoms with Crippen molar-refractivity contribution in [1.29, 1.82) is 0 Å². The zero-order valence-corrected chi connectivity index (χ0v) is 17.8. The first-order valence-corrected chi connectivity index (χ1v) is 10.6. The summed E-state index contributed by atoms with van der Waals surface area (Å²) < 4.78 is 1.96. The lowest BCUT2D eigenvalue weighted by molar-refractivity contribution is -0.124. The van der Waals surface area contributed by atoms with Crippen molar-refractivity contribution in [2.24, 2.45) is 0 Å². The molecule has 0 N–H and O–H groups in total. The van der Waals surface area contributed by atoms with E-state index in [4.69, 9.17) is 0 Å². The summed E-state index contributed by atoms with van der Waals surface area (Å²) in [7, 11) is 0. The van der Waals surface area contributed by atoms with Gasteiger partial charge in [0.2, 0.25) is 5.91 Å². The predicted molar refractivity (Wildman–Crippen MR) is 122 cm³/mol. The van der Waals surface area contributed by atoms with E-state index >= 15 is 0 Å². The van der Waals surface area contributed by atoms with Gasteiger partial charge in [0.05, 0.1) is 18.4 Å². The lowest BCUT2D eigenvalue weighted by Gasteiger charge is -2.39. The van der Waals surface area contributed by atoms with Crippen LogP contribution in [-0.4, -0.2) is 50.4 Å². The van der Waals surface area contributed by atoms with Gasteiger partial charge >= 0.3 is 0 Å². The molecule has 2 aromatic carbocycles. The second-order valence-corrected chi connectivity index (χ2v) is 7.92. The molecule has 2 aromatic heterocycles. The highest BCUT2D eigenvalue weighted by Gasteiger charge is 2.35. The maximum absolute atomic E-state index is 13.2. The number of nitrogens with zero attached hydrogens (tertiary/aromatic N) is 5. The molecule has 1 aliphatic heterocycles. The fourth-order valence-electron chi connectivity index (χ4n) is 4.14. The van der Waals surface area contributed by atoms with E-state index in [1.54, 1.807) is 35.3 Å². The quantitative estimate of drug-likeness (QED) is 0.503. The summed E-state index contributed by atoms with van der Waals surface area (Å²) in [5.41, 5.74) is 3.83. The third-order valence-electron chi connectivity index (χ3n) is 5.88. The summed E-state index contributed by atoms with van der Waals surface area (Å²) >= 11 is 0. The maximum Gasteiger partial charge on any atom is 0.256 e. The van der Waals surface area contributed by atoms with Crippen molar-refractivity contribution in [1.82, 2.24) is 19.4 Å². The van der Waals surface area contributed by atoms with E-state index in [1.165, 1.54) is 0 Å². The minimum absolute atomic E-state index is 0.0861. The van der Waals surface area contributed by atoms with Gasteiger partial charge in [0.1, 0.15) is 11.6 Å². The Bertz CT molecular complexity index is 1270. The molecule has 4 aromatic rings. The number of hydrogen-bond donors (Lipinski definition) is 0. The SMILES string of the molecule is CC1C(=O)N(c2ccccc2)CCN1C(=O)c1cnc2c(c1)ncn2Cc1ccccc1. The van der Waals surface area contributed by atoms with Crippen molar-refractivity contribution in [3.05, 3.63) is 90.4 Å². The first-order valence-electron chi connectivity index (χ1n) is 10.6. The molecular weight excluding hydrogens is 402 g/mol. The standard InChI is InChI=1S/C25H23N5O2/c1-18-24(31)30(21-10-6-3-7-11-21)13-12-29(18)25(32)20-14-22-23(26-15-20)28(17-27-22)16-19-8-4-2-5-9-19/h2-11,14-15,17-18H,12-13,16H2,1H3. The van der Waals surface area contributed by atoms with Crippen molar-refractivity contribution in [3.63, 3.8) is 0 Å². The average Bonchev–Trinajstić information content (AvgIpc) is 3.23. The molecule has 2 amide bonds. The predicted octanol–water partition coefficient (Wildman–Crippen LogP) is 3.36. The molecular formula is C25H23N5O2. The Labute approximate surface area is 185 Å². The fourth-order valence-corrected chi connectivity index (χ4v) is 4.14. The molecule has 0 bridgehead atoms. The van der Waals surface area contributed by atoms with Crippen LogP contribution in [0, 0.1) is 0 Å². The third kappa shape index (κ3) is 3.62. The number of para-hydroxylation sites is 1. The monoisotopic (exact) mass is 425 g/mol. The number of rotatable bonds is 4. The van der Waals surface area contributed by atoms with Crippen LogP contribution in [0.25, 0.3) is 11.2 Å². The van der Waals surface area contributed by atoms with Gasteiger partial charge in [0, 0.05) is 25.0 Å². The molecule has 0 aliphatic carbocycles. The number of carbonyl (C=O) groups is 2. The summed E-state index contributed by atoms with van der Waals surface area (Å²) in [5.74, 6) is -0.289. The molecule has 0 saturated carbocycles. The van der Waals surface area contributed by atoms with Gasteiger partial charge in [0.15, 0.2) is 5.65 Å². The highest BCUT2D eigenvalue weighted by atomic mass is 16.2. The number of pyridine rings is 1. The minimum Gasteiger partial charge on any atom is -0.325 e. The molecule has 160 valence electrons. The molecule has 1 saturated heterocycles. The number of hydrogen-bond acceptors (Lipinski definition) is 4. The van der Waals surface area contributed by atoms with Gasteiger partial charge in [-0.1, -0.05) is 48.5 Å². The van der Waals surface area contributed by atoms with Crippen LogP contribution in [0.1, 0.15) is 22.8 Å². The molecule has 1 atom stereocenters. The van der Waals surface area contributed by atoms with Crippen molar-refractivity contribution in [2.45, 2.75) is 19.5 Å². The Kier molecular flexibility index (Phi) is 5.15. The van der Waals surface area contributed by atoms with Crippen molar-refractivity contribution < 1.29 is 9.59 Å². The number of aromatic nitrogens is 3. The number of fused-ring (bicyclic) bond motifs is 1. The van der Waals surface area contributed by atoms with Crippen LogP contribution in [0.5, 0.6) is 0 Å². The number of carbonyl (C=O) groups excluding carboxylic acids is 2. The van der Waals surface area contributed by atoms with Crippen molar-refractivity contribution in [2.75, 3.05) is 18.0 Å². The van der Waals surface area contributed by atoms with E-state index in [2.05, 4.69) is 22.1 Å². The molecule has 1 unspecified atom stereocenters. The van der Waals surface area contributed by atoms with Crippen LogP contribution in [0.15, 0.2) is 79.3 Å². The Balaban J connectivity index is 1.35. The molecule has 1 aliphatic rings. The zero-order chi connectivity index (χ0) is 22.1. The van der Waals surface area contributed by atoms with E-state index in [1.807, 2.05) is 53.1 Å². The van der Waals surface area contributed by atoms with E-state index in [9.17, 15) is 9.59 Å². The van der Waals surface area contributed by atoms with Gasteiger partial charge in [0.25, 0.3) is 5.91 Å². The maximum atomic E-state index is 13.2. The zero-order valence-electron chi connectivity index (χ0n) is 17.8. The van der Waals surface area contributed by atoms with E-state index in [0.29, 0.717) is 30.7 Å². The van der Waals surface area contributed by atoms with Gasteiger partial charge in [-0.2, -0.15) is 0 Å². The van der Waals surface area contributed by atoms with Crippen LogP contribution in [0.3, 0.4) is 0 Å². The Morgan fingerprint density at radius 1 is 1.00 bits per heavy atom. The Hall–Kier alpha value is -4.00. The lowest BCUT2D eigenvalue weighted by atomic mass is 10.1. The summed E-state index contributed by atoms with van der Waals surface area (Å²) in [4.78, 5) is 38.5. The van der Waals surface area contributed by atoms with Crippen LogP contribution in [0.2, 0.25) is 0 Å². The minimum atomic E-state index is -0.553. The largest absolute Gasteiger partial charge is 0.325 e. The number of benzene rings is 2. The van der Waals surface area contributed by atoms with E-state index in [-0.39, 0.29) is 11.8 Å². The van der Waals surface area contributed by atoms with Crippen LogP contribution in [-0.2, 0) is 11.3 Å². The number of piperazine rings is 1. The van der Waals surface area contributed by atoms with Crippen LogP contribution < -0.4 is 4.90 Å². The smallest absolute Gasteiger partial charge is 0.256 e. The molecule has 7 heteroatoms. The molecule has 3 heterocycles. The van der Waals surface area contributed by atoms with Crippen molar-refractivity contribution in [3.8, 4) is 0 Å². The second kappa shape index (κ2) is 8.26. The van der Waals surface area contributed by atoms with Crippen LogP contribution >= 0.6 is 0 Å². The highest BCUT2D eigenvalue weighted by Crippen LogP contribution is 2.22. The van der Waals surface area contributed by atoms with Gasteiger partial charge in [-0.05, 0) is 30.7 Å². The van der Waals surface area contributed by atoms with Gasteiger partial charge in [-0.3, -0.25) is 9.59 Å². The number of anilines is 1. The van der Waals surface area contributed by atoms with Gasteiger partial charge in [-0.15, -0.1) is 0 Å². The molecule has 0 radical (unpaired) electrons. The Morgan fingerprint density at radius 3 is 2.47 bits per heavy atom. The first-order chi connectivity index (χ1) is 15.6. The van der Waals surface area contributed by atoms with Gasteiger partial charge in [-0.25, -0.2) is 9.97 Å². The summed E-state index contributed by atoms with van der Waals surface area (Å²) in [6.45, 7) is 3.35. The van der Waals surface area contributed by atoms with Gasteiger partial charge < -0.3 is 14.4 Å². The van der Waals surface area contributed by atoms with Crippen molar-refractivity contribution >= 4 is 28.7 Å². The normalized spacial score (nSPS) is 16.5. The fraction of sp³-hybridized carbons (Fsp3) is 0.200. The molecule has 32 heavy (non-hydrogen) atoms. The van der Waals surface area contributed by atoms with Crippen LogP contribution in [0.4, 0.5) is 5.69 Å². The summed E-state index contributed by atoms with van der Waals surface area (Å²) in [5, 5.41) is 0. The first kappa shape index (κ1) is 19.9. The second-order valence-electron chi connectivity index (χ2n) is 7.92. The number of amides is 2.